The number of hydrogen-bond acceptors (Lipinski definition) is 4. The van der Waals surface area contributed by atoms with Gasteiger partial charge in [0.2, 0.25) is 0 Å². The summed E-state index contributed by atoms with van der Waals surface area (Å²) in [4.78, 5) is 4.35. The van der Waals surface area contributed by atoms with Gasteiger partial charge in [-0.25, -0.2) is 4.39 Å². The largest absolute Gasteiger partial charge is 0.487 e. The van der Waals surface area contributed by atoms with E-state index in [1.807, 2.05) is 24.3 Å². The number of pyridine rings is 1. The van der Waals surface area contributed by atoms with Crippen molar-refractivity contribution < 1.29 is 9.13 Å². The Morgan fingerprint density at radius 2 is 2.00 bits per heavy atom. The molecule has 0 unspecified atom stereocenters. The van der Waals surface area contributed by atoms with E-state index in [0.29, 0.717) is 33.3 Å². The van der Waals surface area contributed by atoms with Crippen molar-refractivity contribution in [2.75, 3.05) is 5.32 Å². The minimum atomic E-state index is -0.311. The van der Waals surface area contributed by atoms with E-state index in [9.17, 15) is 9.65 Å². The van der Waals surface area contributed by atoms with Crippen molar-refractivity contribution in [3.63, 3.8) is 0 Å². The summed E-state index contributed by atoms with van der Waals surface area (Å²) in [7, 11) is 0. The Balaban J connectivity index is 1.60. The molecule has 0 fully saturated rings. The Labute approximate surface area is 191 Å². The minimum absolute atomic E-state index is 0.205. The van der Waals surface area contributed by atoms with Crippen LogP contribution in [0.1, 0.15) is 11.1 Å². The molecule has 0 bridgehead atoms. The zero-order valence-corrected chi connectivity index (χ0v) is 18.4. The van der Waals surface area contributed by atoms with Crippen molar-refractivity contribution in [2.45, 2.75) is 6.61 Å². The lowest BCUT2D eigenvalue weighted by Crippen LogP contribution is -1.99. The van der Waals surface area contributed by atoms with Crippen molar-refractivity contribution >= 4 is 56.5 Å². The third kappa shape index (κ3) is 4.48. The molecule has 3 aromatic carbocycles. The van der Waals surface area contributed by atoms with E-state index in [-0.39, 0.29) is 12.4 Å². The topological polar surface area (TPSA) is 57.9 Å². The van der Waals surface area contributed by atoms with E-state index in [1.165, 1.54) is 12.1 Å². The van der Waals surface area contributed by atoms with Gasteiger partial charge in [-0.15, -0.1) is 0 Å². The van der Waals surface area contributed by atoms with E-state index < -0.39 is 0 Å². The van der Waals surface area contributed by atoms with Crippen LogP contribution in [-0.2, 0) is 6.61 Å². The smallest absolute Gasteiger partial charge is 0.138 e. The van der Waals surface area contributed by atoms with Crippen LogP contribution in [0.25, 0.3) is 10.9 Å². The van der Waals surface area contributed by atoms with E-state index in [0.717, 1.165) is 14.5 Å². The van der Waals surface area contributed by atoms with Crippen LogP contribution >= 0.6 is 34.2 Å². The number of nitrogens with zero attached hydrogens (tertiary/aromatic N) is 2. The normalized spacial score (nSPS) is 10.6. The van der Waals surface area contributed by atoms with Gasteiger partial charge >= 0.3 is 0 Å². The average molecular weight is 530 g/mol. The summed E-state index contributed by atoms with van der Waals surface area (Å²) >= 11 is 8.62. The van der Waals surface area contributed by atoms with Crippen LogP contribution in [0.5, 0.6) is 5.75 Å². The van der Waals surface area contributed by atoms with E-state index in [1.54, 1.807) is 30.5 Å². The highest BCUT2D eigenvalue weighted by atomic mass is 127. The summed E-state index contributed by atoms with van der Waals surface area (Å²) in [5, 5.41) is 14.1. The third-order valence-corrected chi connectivity index (χ3v) is 5.40. The molecular formula is C23H14ClFIN3O. The minimum Gasteiger partial charge on any atom is -0.487 e. The van der Waals surface area contributed by atoms with Crippen molar-refractivity contribution in [3.8, 4) is 11.8 Å². The first-order chi connectivity index (χ1) is 14.5. The summed E-state index contributed by atoms with van der Waals surface area (Å²) in [6, 6.07) is 19.5. The summed E-state index contributed by atoms with van der Waals surface area (Å²) in [6.45, 7) is 0.205. The standard InChI is InChI=1S/C23H14ClFIN3O/c24-20-10-18(5-7-22(20)30-13-14-2-1-3-16(25)8-14)29-23-15(11-27)12-28-21-6-4-17(26)9-19(21)23/h1-10,12H,13H2,(H,28,29). The quantitative estimate of drug-likeness (QED) is 0.288. The molecule has 1 heterocycles. The maximum atomic E-state index is 13.3. The number of halogens is 3. The van der Waals surface area contributed by atoms with E-state index >= 15 is 0 Å². The summed E-state index contributed by atoms with van der Waals surface area (Å²) in [6.07, 6.45) is 1.55. The average Bonchev–Trinajstić information content (AvgIpc) is 2.73. The van der Waals surface area contributed by atoms with Gasteiger partial charge in [-0.2, -0.15) is 5.26 Å². The first-order valence-corrected chi connectivity index (χ1v) is 10.4. The first-order valence-electron chi connectivity index (χ1n) is 8.95. The Hall–Kier alpha value is -2.89. The number of anilines is 2. The lowest BCUT2D eigenvalue weighted by atomic mass is 10.1. The monoisotopic (exact) mass is 529 g/mol. The van der Waals surface area contributed by atoms with Gasteiger partial charge in [0, 0.05) is 20.8 Å². The van der Waals surface area contributed by atoms with Crippen LogP contribution in [0.2, 0.25) is 5.02 Å². The second-order valence-electron chi connectivity index (χ2n) is 6.51. The second kappa shape index (κ2) is 8.86. The van der Waals surface area contributed by atoms with Crippen molar-refractivity contribution in [3.05, 3.63) is 92.4 Å². The highest BCUT2D eigenvalue weighted by molar-refractivity contribution is 14.1. The van der Waals surface area contributed by atoms with E-state index in [2.05, 4.69) is 39.0 Å². The van der Waals surface area contributed by atoms with Gasteiger partial charge in [-0.1, -0.05) is 23.7 Å². The third-order valence-electron chi connectivity index (χ3n) is 4.44. The summed E-state index contributed by atoms with van der Waals surface area (Å²) < 4.78 is 20.1. The van der Waals surface area contributed by atoms with Crippen LogP contribution in [0, 0.1) is 20.7 Å². The maximum Gasteiger partial charge on any atom is 0.138 e. The molecule has 0 saturated heterocycles. The van der Waals surface area contributed by atoms with Crippen LogP contribution in [0.3, 0.4) is 0 Å². The Kier molecular flexibility index (Phi) is 6.02. The fraction of sp³-hybridized carbons (Fsp3) is 0.0435. The van der Waals surface area contributed by atoms with Gasteiger partial charge in [-0.3, -0.25) is 4.98 Å². The van der Waals surface area contributed by atoms with Crippen molar-refractivity contribution in [1.29, 1.82) is 5.26 Å². The van der Waals surface area contributed by atoms with Crippen LogP contribution in [0.15, 0.2) is 66.9 Å². The van der Waals surface area contributed by atoms with Crippen LogP contribution in [0.4, 0.5) is 15.8 Å². The molecule has 7 heteroatoms. The lowest BCUT2D eigenvalue weighted by molar-refractivity contribution is 0.306. The fourth-order valence-corrected chi connectivity index (χ4v) is 3.74. The predicted octanol–water partition coefficient (Wildman–Crippen LogP) is 6.83. The molecule has 1 aromatic heterocycles. The Morgan fingerprint density at radius 3 is 2.77 bits per heavy atom. The number of nitrogens with one attached hydrogen (secondary N) is 1. The lowest BCUT2D eigenvalue weighted by Gasteiger charge is -2.14. The van der Waals surface area contributed by atoms with Gasteiger partial charge in [0.1, 0.15) is 24.2 Å². The first kappa shape index (κ1) is 20.4. The number of aromatic nitrogens is 1. The molecule has 0 radical (unpaired) electrons. The van der Waals surface area contributed by atoms with Gasteiger partial charge in [-0.05, 0) is 76.7 Å². The number of fused-ring (bicyclic) bond motifs is 1. The molecule has 148 valence electrons. The van der Waals surface area contributed by atoms with E-state index in [4.69, 9.17) is 16.3 Å². The van der Waals surface area contributed by atoms with Crippen LogP contribution in [-0.4, -0.2) is 4.98 Å². The predicted molar refractivity (Wildman–Crippen MR) is 125 cm³/mol. The molecule has 4 aromatic rings. The number of hydrogen-bond donors (Lipinski definition) is 1. The number of rotatable bonds is 5. The van der Waals surface area contributed by atoms with Crippen LogP contribution < -0.4 is 10.1 Å². The number of ether oxygens (including phenoxy) is 1. The summed E-state index contributed by atoms with van der Waals surface area (Å²) in [5.74, 6) is 0.176. The molecular weight excluding hydrogens is 516 g/mol. The number of benzene rings is 3. The molecule has 0 aliphatic carbocycles. The molecule has 30 heavy (non-hydrogen) atoms. The molecule has 0 atom stereocenters. The second-order valence-corrected chi connectivity index (χ2v) is 8.16. The zero-order valence-electron chi connectivity index (χ0n) is 15.5. The molecule has 0 aliphatic heterocycles. The summed E-state index contributed by atoms with van der Waals surface area (Å²) in [5.41, 5.74) is 3.32. The molecule has 1 N–H and O–H groups in total. The Morgan fingerprint density at radius 1 is 1.13 bits per heavy atom. The van der Waals surface area contributed by atoms with Gasteiger partial charge in [0.05, 0.1) is 21.8 Å². The molecule has 0 spiro atoms. The van der Waals surface area contributed by atoms with Gasteiger partial charge < -0.3 is 10.1 Å². The zero-order chi connectivity index (χ0) is 21.1. The highest BCUT2D eigenvalue weighted by Crippen LogP contribution is 2.33. The van der Waals surface area contributed by atoms with Crippen molar-refractivity contribution in [1.82, 2.24) is 4.98 Å². The van der Waals surface area contributed by atoms with Gasteiger partial charge in [0.25, 0.3) is 0 Å². The molecule has 0 amide bonds. The maximum absolute atomic E-state index is 13.3. The molecule has 4 nitrogen and oxygen atoms in total. The van der Waals surface area contributed by atoms with Gasteiger partial charge in [0.15, 0.2) is 0 Å². The SMILES string of the molecule is N#Cc1cnc2ccc(I)cc2c1Nc1ccc(OCc2cccc(F)c2)c(Cl)c1. The highest BCUT2D eigenvalue weighted by Gasteiger charge is 2.11. The fourth-order valence-electron chi connectivity index (χ4n) is 3.01. The molecule has 4 rings (SSSR count). The molecule has 0 aliphatic rings. The van der Waals surface area contributed by atoms with Crippen molar-refractivity contribution in [2.24, 2.45) is 0 Å². The molecule has 0 saturated carbocycles. The Bertz CT molecular complexity index is 1290. The number of nitriles is 1.